The summed E-state index contributed by atoms with van der Waals surface area (Å²) >= 11 is 0. The van der Waals surface area contributed by atoms with Crippen molar-refractivity contribution in [2.24, 2.45) is 0 Å². The second-order valence-electron chi connectivity index (χ2n) is 6.40. The van der Waals surface area contributed by atoms with Gasteiger partial charge in [-0.15, -0.1) is 0 Å². The molecular formula is C20H32O3. The van der Waals surface area contributed by atoms with E-state index in [0.29, 0.717) is 0 Å². The van der Waals surface area contributed by atoms with Gasteiger partial charge in [-0.2, -0.15) is 0 Å². The molecule has 3 nitrogen and oxygen atoms in total. The molecule has 0 atom stereocenters. The van der Waals surface area contributed by atoms with Crippen molar-refractivity contribution in [2.75, 3.05) is 0 Å². The lowest BCUT2D eigenvalue weighted by atomic mass is 9.99. The molecule has 0 aromatic heterocycles. The zero-order valence-electron chi connectivity index (χ0n) is 14.5. The predicted octanol–water partition coefficient (Wildman–Crippen LogP) is 5.94. The molecule has 0 heterocycles. The molecule has 0 spiro atoms. The van der Waals surface area contributed by atoms with Crippen LogP contribution in [0.3, 0.4) is 0 Å². The first-order chi connectivity index (χ1) is 11.2. The molecule has 1 aromatic rings. The van der Waals surface area contributed by atoms with E-state index in [2.05, 4.69) is 6.92 Å². The summed E-state index contributed by atoms with van der Waals surface area (Å²) in [6.45, 7) is 2.25. The molecule has 0 fully saturated rings. The molecule has 2 N–H and O–H groups in total. The Labute approximate surface area is 140 Å². The lowest BCUT2D eigenvalue weighted by molar-refractivity contribution is 0.0692. The first kappa shape index (κ1) is 19.5. The third-order valence-corrected chi connectivity index (χ3v) is 4.39. The highest BCUT2D eigenvalue weighted by Crippen LogP contribution is 2.23. The molecule has 3 heteroatoms. The van der Waals surface area contributed by atoms with Crippen LogP contribution in [0.1, 0.15) is 93.5 Å². The second-order valence-corrected chi connectivity index (χ2v) is 6.40. The molecule has 0 saturated heterocycles. The maximum Gasteiger partial charge on any atom is 0.339 e. The van der Waals surface area contributed by atoms with Gasteiger partial charge >= 0.3 is 5.97 Å². The number of carbonyl (C=O) groups is 1. The van der Waals surface area contributed by atoms with Crippen molar-refractivity contribution in [3.8, 4) is 5.75 Å². The van der Waals surface area contributed by atoms with Gasteiger partial charge < -0.3 is 10.2 Å². The van der Waals surface area contributed by atoms with Gasteiger partial charge in [-0.05, 0) is 24.5 Å². The topological polar surface area (TPSA) is 57.5 Å². The quantitative estimate of drug-likeness (QED) is 0.442. The Morgan fingerprint density at radius 1 is 0.870 bits per heavy atom. The molecule has 0 aliphatic heterocycles. The highest BCUT2D eigenvalue weighted by molar-refractivity contribution is 5.92. The standard InChI is InChI=1S/C20H32O3/c1-2-3-4-5-6-7-8-9-10-11-12-14-17-15-13-16-18(21)19(17)20(22)23/h13,15-16,21H,2-12,14H2,1H3,(H,22,23). The van der Waals surface area contributed by atoms with E-state index in [9.17, 15) is 9.90 Å². The number of benzene rings is 1. The SMILES string of the molecule is CCCCCCCCCCCCCc1cccc(O)c1C(=O)O. The molecule has 0 aliphatic carbocycles. The summed E-state index contributed by atoms with van der Waals surface area (Å²) in [5.41, 5.74) is 0.813. The Morgan fingerprint density at radius 2 is 1.39 bits per heavy atom. The van der Waals surface area contributed by atoms with Crippen LogP contribution in [0.15, 0.2) is 18.2 Å². The van der Waals surface area contributed by atoms with E-state index in [-0.39, 0.29) is 11.3 Å². The van der Waals surface area contributed by atoms with Gasteiger partial charge in [0.15, 0.2) is 0 Å². The number of carboxylic acids is 1. The Hall–Kier alpha value is -1.51. The fourth-order valence-electron chi connectivity index (χ4n) is 3.02. The number of hydrogen-bond donors (Lipinski definition) is 2. The number of unbranched alkanes of at least 4 members (excludes halogenated alkanes) is 10. The van der Waals surface area contributed by atoms with Gasteiger partial charge in [0.2, 0.25) is 0 Å². The molecule has 1 aromatic carbocycles. The van der Waals surface area contributed by atoms with Crippen LogP contribution in [-0.2, 0) is 6.42 Å². The molecule has 0 aliphatic rings. The van der Waals surface area contributed by atoms with Gasteiger partial charge in [-0.25, -0.2) is 4.79 Å². The van der Waals surface area contributed by atoms with Gasteiger partial charge in [0.25, 0.3) is 0 Å². The van der Waals surface area contributed by atoms with Gasteiger partial charge in [-0.1, -0.05) is 83.3 Å². The normalized spacial score (nSPS) is 10.8. The minimum absolute atomic E-state index is 0.0691. The van der Waals surface area contributed by atoms with Crippen LogP contribution >= 0.6 is 0 Å². The first-order valence-electron chi connectivity index (χ1n) is 9.21. The van der Waals surface area contributed by atoms with Crippen molar-refractivity contribution < 1.29 is 15.0 Å². The zero-order chi connectivity index (χ0) is 16.9. The highest BCUT2D eigenvalue weighted by Gasteiger charge is 2.14. The van der Waals surface area contributed by atoms with Crippen LogP contribution in [-0.4, -0.2) is 16.2 Å². The van der Waals surface area contributed by atoms with Crippen molar-refractivity contribution in [3.63, 3.8) is 0 Å². The van der Waals surface area contributed by atoms with Crippen molar-refractivity contribution in [2.45, 2.75) is 84.0 Å². The summed E-state index contributed by atoms with van der Waals surface area (Å²) in [7, 11) is 0. The second kappa shape index (κ2) is 12.0. The monoisotopic (exact) mass is 320 g/mol. The lowest BCUT2D eigenvalue weighted by Gasteiger charge is -2.08. The Morgan fingerprint density at radius 3 is 1.91 bits per heavy atom. The number of hydrogen-bond acceptors (Lipinski definition) is 2. The van der Waals surface area contributed by atoms with Crippen molar-refractivity contribution in [1.29, 1.82) is 0 Å². The fourth-order valence-corrected chi connectivity index (χ4v) is 3.02. The minimum atomic E-state index is -1.04. The van der Waals surface area contributed by atoms with Crippen LogP contribution in [0, 0.1) is 0 Å². The van der Waals surface area contributed by atoms with Crippen LogP contribution in [0.2, 0.25) is 0 Å². The number of aromatic carboxylic acids is 1. The first-order valence-corrected chi connectivity index (χ1v) is 9.21. The zero-order valence-corrected chi connectivity index (χ0v) is 14.5. The largest absolute Gasteiger partial charge is 0.507 e. The van der Waals surface area contributed by atoms with Gasteiger partial charge in [0.1, 0.15) is 11.3 Å². The maximum absolute atomic E-state index is 11.2. The van der Waals surface area contributed by atoms with Crippen molar-refractivity contribution in [3.05, 3.63) is 29.3 Å². The third kappa shape index (κ3) is 8.06. The molecule has 23 heavy (non-hydrogen) atoms. The molecule has 0 unspecified atom stereocenters. The van der Waals surface area contributed by atoms with E-state index in [1.165, 1.54) is 63.9 Å². The molecule has 130 valence electrons. The molecule has 0 bridgehead atoms. The molecule has 0 amide bonds. The van der Waals surface area contributed by atoms with Crippen LogP contribution in [0.4, 0.5) is 0 Å². The maximum atomic E-state index is 11.2. The summed E-state index contributed by atoms with van der Waals surface area (Å²) in [5.74, 6) is -1.17. The molecule has 0 saturated carbocycles. The molecule has 0 radical (unpaired) electrons. The Kier molecular flexibility index (Phi) is 10.2. The summed E-state index contributed by atoms with van der Waals surface area (Å²) < 4.78 is 0. The highest BCUT2D eigenvalue weighted by atomic mass is 16.4. The van der Waals surface area contributed by atoms with Crippen LogP contribution in [0.5, 0.6) is 5.75 Å². The summed E-state index contributed by atoms with van der Waals surface area (Å²) in [6.07, 6.45) is 14.8. The molecular weight excluding hydrogens is 288 g/mol. The van der Waals surface area contributed by atoms with E-state index >= 15 is 0 Å². The number of carboxylic acid groups (broad SMARTS) is 1. The van der Waals surface area contributed by atoms with Gasteiger partial charge in [0, 0.05) is 0 Å². The van der Waals surface area contributed by atoms with E-state index in [0.717, 1.165) is 24.8 Å². The smallest absolute Gasteiger partial charge is 0.339 e. The van der Waals surface area contributed by atoms with E-state index in [4.69, 9.17) is 5.11 Å². The lowest BCUT2D eigenvalue weighted by Crippen LogP contribution is -2.03. The Bertz CT molecular complexity index is 454. The van der Waals surface area contributed by atoms with E-state index in [1.54, 1.807) is 12.1 Å². The van der Waals surface area contributed by atoms with Crippen LogP contribution in [0.25, 0.3) is 0 Å². The third-order valence-electron chi connectivity index (χ3n) is 4.39. The average Bonchev–Trinajstić information content (AvgIpc) is 2.52. The minimum Gasteiger partial charge on any atom is -0.507 e. The van der Waals surface area contributed by atoms with Crippen molar-refractivity contribution in [1.82, 2.24) is 0 Å². The van der Waals surface area contributed by atoms with Crippen LogP contribution < -0.4 is 0 Å². The average molecular weight is 320 g/mol. The summed E-state index contributed by atoms with van der Waals surface area (Å²) in [4.78, 5) is 11.2. The summed E-state index contributed by atoms with van der Waals surface area (Å²) in [6, 6.07) is 4.96. The predicted molar refractivity (Wildman–Crippen MR) is 95.2 cm³/mol. The van der Waals surface area contributed by atoms with Crippen molar-refractivity contribution >= 4 is 5.97 Å². The fraction of sp³-hybridized carbons (Fsp3) is 0.650. The van der Waals surface area contributed by atoms with Gasteiger partial charge in [0.05, 0.1) is 0 Å². The number of aromatic hydroxyl groups is 1. The number of phenols is 1. The molecule has 1 rings (SSSR count). The van der Waals surface area contributed by atoms with E-state index in [1.807, 2.05) is 0 Å². The number of rotatable bonds is 13. The summed E-state index contributed by atoms with van der Waals surface area (Å²) in [5, 5.41) is 18.8. The number of aryl methyl sites for hydroxylation is 1. The van der Waals surface area contributed by atoms with E-state index < -0.39 is 5.97 Å². The Balaban J connectivity index is 2.10. The van der Waals surface area contributed by atoms with Gasteiger partial charge in [-0.3, -0.25) is 0 Å².